The molecule has 0 heterocycles. The highest BCUT2D eigenvalue weighted by Gasteiger charge is 2.12. The molecule has 1 atom stereocenters. The van der Waals surface area contributed by atoms with Gasteiger partial charge < -0.3 is 0 Å². The van der Waals surface area contributed by atoms with E-state index in [2.05, 4.69) is 53.2 Å². The molecule has 0 bridgehead atoms. The maximum Gasteiger partial charge on any atom is 0.100 e. The maximum atomic E-state index is 9.31. The molecular formula is C16H14BrNS. The molecule has 19 heavy (non-hydrogen) atoms. The molecule has 1 unspecified atom stereocenters. The summed E-state index contributed by atoms with van der Waals surface area (Å²) in [7, 11) is 0. The molecule has 0 aromatic heterocycles. The van der Waals surface area contributed by atoms with Crippen LogP contribution in [-0.4, -0.2) is 5.25 Å². The van der Waals surface area contributed by atoms with Crippen LogP contribution in [0.4, 0.5) is 0 Å². The SMILES string of the molecule is Cc1ccc(CC(C#N)Sc2ccccc2Br)cc1. The van der Waals surface area contributed by atoms with E-state index in [9.17, 15) is 5.26 Å². The van der Waals surface area contributed by atoms with Gasteiger partial charge >= 0.3 is 0 Å². The largest absolute Gasteiger partial charge is 0.197 e. The van der Waals surface area contributed by atoms with Crippen LogP contribution in [0.1, 0.15) is 11.1 Å². The number of aryl methyl sites for hydroxylation is 1. The Bertz CT molecular complexity index is 586. The van der Waals surface area contributed by atoms with E-state index in [4.69, 9.17) is 0 Å². The molecule has 0 N–H and O–H groups in total. The highest BCUT2D eigenvalue weighted by Crippen LogP contribution is 2.31. The number of nitriles is 1. The number of thioether (sulfide) groups is 1. The van der Waals surface area contributed by atoms with Crippen molar-refractivity contribution in [3.63, 3.8) is 0 Å². The zero-order chi connectivity index (χ0) is 13.7. The van der Waals surface area contributed by atoms with Gasteiger partial charge in [-0.25, -0.2) is 0 Å². The first kappa shape index (κ1) is 14.2. The van der Waals surface area contributed by atoms with Gasteiger partial charge in [0, 0.05) is 9.37 Å². The monoisotopic (exact) mass is 331 g/mol. The fourth-order valence-electron chi connectivity index (χ4n) is 1.75. The fourth-order valence-corrected chi connectivity index (χ4v) is 3.28. The van der Waals surface area contributed by atoms with E-state index < -0.39 is 0 Å². The topological polar surface area (TPSA) is 23.8 Å². The third-order valence-corrected chi connectivity index (χ3v) is 4.91. The number of nitrogens with zero attached hydrogens (tertiary/aromatic N) is 1. The van der Waals surface area contributed by atoms with Crippen LogP contribution in [0.5, 0.6) is 0 Å². The van der Waals surface area contributed by atoms with E-state index in [0.29, 0.717) is 0 Å². The van der Waals surface area contributed by atoms with Gasteiger partial charge in [0.15, 0.2) is 0 Å². The van der Waals surface area contributed by atoms with Crippen molar-refractivity contribution in [1.29, 1.82) is 5.26 Å². The van der Waals surface area contributed by atoms with Crippen molar-refractivity contribution in [3.05, 3.63) is 64.1 Å². The molecule has 0 aliphatic rings. The Labute approximate surface area is 126 Å². The van der Waals surface area contributed by atoms with Gasteiger partial charge in [-0.1, -0.05) is 42.0 Å². The second-order valence-electron chi connectivity index (χ2n) is 4.36. The summed E-state index contributed by atoms with van der Waals surface area (Å²) in [6, 6.07) is 18.8. The summed E-state index contributed by atoms with van der Waals surface area (Å²) >= 11 is 5.13. The van der Waals surface area contributed by atoms with E-state index in [1.54, 1.807) is 11.8 Å². The fraction of sp³-hybridized carbons (Fsp3) is 0.188. The minimum Gasteiger partial charge on any atom is -0.197 e. The van der Waals surface area contributed by atoms with Crippen molar-refractivity contribution in [2.24, 2.45) is 0 Å². The van der Waals surface area contributed by atoms with Gasteiger partial charge in [-0.3, -0.25) is 0 Å². The number of rotatable bonds is 4. The highest BCUT2D eigenvalue weighted by atomic mass is 79.9. The molecule has 2 rings (SSSR count). The standard InChI is InChI=1S/C16H14BrNS/c1-12-6-8-13(9-7-12)10-14(11-18)19-16-5-3-2-4-15(16)17/h2-9,14H,10H2,1H3. The quantitative estimate of drug-likeness (QED) is 0.737. The lowest BCUT2D eigenvalue weighted by Crippen LogP contribution is -2.03. The molecule has 0 amide bonds. The summed E-state index contributed by atoms with van der Waals surface area (Å²) in [4.78, 5) is 1.11. The Morgan fingerprint density at radius 2 is 1.84 bits per heavy atom. The Morgan fingerprint density at radius 1 is 1.16 bits per heavy atom. The van der Waals surface area contributed by atoms with Gasteiger partial charge in [-0.05, 0) is 47.0 Å². The average molecular weight is 332 g/mol. The van der Waals surface area contributed by atoms with Gasteiger partial charge in [0.05, 0.1) is 6.07 Å². The Balaban J connectivity index is 2.07. The summed E-state index contributed by atoms with van der Waals surface area (Å²) in [6.07, 6.45) is 0.767. The van der Waals surface area contributed by atoms with E-state index in [-0.39, 0.29) is 5.25 Å². The molecule has 2 aromatic rings. The zero-order valence-corrected chi connectivity index (χ0v) is 13.0. The van der Waals surface area contributed by atoms with Crippen LogP contribution < -0.4 is 0 Å². The van der Waals surface area contributed by atoms with Crippen molar-refractivity contribution in [1.82, 2.24) is 0 Å². The predicted octanol–water partition coefficient (Wildman–Crippen LogP) is 4.98. The van der Waals surface area contributed by atoms with Crippen molar-refractivity contribution < 1.29 is 0 Å². The summed E-state index contributed by atoms with van der Waals surface area (Å²) < 4.78 is 1.05. The van der Waals surface area contributed by atoms with E-state index in [1.165, 1.54) is 11.1 Å². The molecule has 0 aliphatic carbocycles. The van der Waals surface area contributed by atoms with Crippen molar-refractivity contribution >= 4 is 27.7 Å². The van der Waals surface area contributed by atoms with Crippen molar-refractivity contribution in [3.8, 4) is 6.07 Å². The lowest BCUT2D eigenvalue weighted by molar-refractivity contribution is 1.02. The number of benzene rings is 2. The summed E-state index contributed by atoms with van der Waals surface area (Å²) in [6.45, 7) is 2.07. The minimum absolute atomic E-state index is 0.0681. The van der Waals surface area contributed by atoms with Crippen LogP contribution in [0.25, 0.3) is 0 Å². The van der Waals surface area contributed by atoms with Gasteiger partial charge in [0.2, 0.25) is 0 Å². The van der Waals surface area contributed by atoms with Crippen LogP contribution in [0, 0.1) is 18.3 Å². The molecule has 0 radical (unpaired) electrons. The molecule has 1 nitrogen and oxygen atoms in total. The first-order chi connectivity index (χ1) is 9.19. The first-order valence-electron chi connectivity index (χ1n) is 6.05. The molecular weight excluding hydrogens is 318 g/mol. The molecule has 2 aromatic carbocycles. The lowest BCUT2D eigenvalue weighted by atomic mass is 10.1. The van der Waals surface area contributed by atoms with Crippen LogP contribution in [0.15, 0.2) is 57.9 Å². The first-order valence-corrected chi connectivity index (χ1v) is 7.72. The molecule has 96 valence electrons. The number of hydrogen-bond acceptors (Lipinski definition) is 2. The van der Waals surface area contributed by atoms with Crippen molar-refractivity contribution in [2.45, 2.75) is 23.5 Å². The normalized spacial score (nSPS) is 11.8. The third kappa shape index (κ3) is 4.12. The Morgan fingerprint density at radius 3 is 2.47 bits per heavy atom. The van der Waals surface area contributed by atoms with Crippen molar-refractivity contribution in [2.75, 3.05) is 0 Å². The molecule has 3 heteroatoms. The number of hydrogen-bond donors (Lipinski definition) is 0. The smallest absolute Gasteiger partial charge is 0.100 e. The molecule has 0 saturated carbocycles. The lowest BCUT2D eigenvalue weighted by Gasteiger charge is -2.10. The third-order valence-electron chi connectivity index (χ3n) is 2.79. The van der Waals surface area contributed by atoms with Gasteiger partial charge in [0.1, 0.15) is 5.25 Å². The molecule has 0 spiro atoms. The molecule has 0 aliphatic heterocycles. The van der Waals surface area contributed by atoms with E-state index in [0.717, 1.165) is 15.8 Å². The summed E-state index contributed by atoms with van der Waals surface area (Å²) in [5, 5.41) is 9.24. The highest BCUT2D eigenvalue weighted by molar-refractivity contribution is 9.10. The molecule has 0 fully saturated rings. The second-order valence-corrected chi connectivity index (χ2v) is 6.45. The van der Waals surface area contributed by atoms with E-state index >= 15 is 0 Å². The van der Waals surface area contributed by atoms with Gasteiger partial charge in [-0.15, -0.1) is 11.8 Å². The van der Waals surface area contributed by atoms with Gasteiger partial charge in [0.25, 0.3) is 0 Å². The second kappa shape index (κ2) is 6.79. The zero-order valence-electron chi connectivity index (χ0n) is 10.6. The summed E-state index contributed by atoms with van der Waals surface area (Å²) in [5.41, 5.74) is 2.45. The van der Waals surface area contributed by atoms with Gasteiger partial charge in [-0.2, -0.15) is 5.26 Å². The maximum absolute atomic E-state index is 9.31. The van der Waals surface area contributed by atoms with Crippen LogP contribution in [0.2, 0.25) is 0 Å². The van der Waals surface area contributed by atoms with Crippen LogP contribution >= 0.6 is 27.7 Å². The Hall–Kier alpha value is -1.24. The summed E-state index contributed by atoms with van der Waals surface area (Å²) in [5.74, 6) is 0. The van der Waals surface area contributed by atoms with Crippen LogP contribution in [-0.2, 0) is 6.42 Å². The molecule has 0 saturated heterocycles. The number of halogens is 1. The van der Waals surface area contributed by atoms with E-state index in [1.807, 2.05) is 24.3 Å². The predicted molar refractivity (Wildman–Crippen MR) is 84.3 cm³/mol. The minimum atomic E-state index is -0.0681. The Kier molecular flexibility index (Phi) is 5.07. The average Bonchev–Trinajstić information content (AvgIpc) is 2.43. The van der Waals surface area contributed by atoms with Crippen LogP contribution in [0.3, 0.4) is 0 Å².